The van der Waals surface area contributed by atoms with Crippen LogP contribution in [0.3, 0.4) is 0 Å². The van der Waals surface area contributed by atoms with Gasteiger partial charge in [-0.3, -0.25) is 14.3 Å². The van der Waals surface area contributed by atoms with Crippen molar-refractivity contribution >= 4 is 27.6 Å². The van der Waals surface area contributed by atoms with Gasteiger partial charge in [-0.1, -0.05) is 0 Å². The van der Waals surface area contributed by atoms with Gasteiger partial charge in [-0.05, 0) is 31.0 Å². The fourth-order valence-electron chi connectivity index (χ4n) is 3.57. The Balaban J connectivity index is 1.82. The maximum absolute atomic E-state index is 13.0. The Bertz CT molecular complexity index is 871. The third-order valence-corrected chi connectivity index (χ3v) is 5.54. The van der Waals surface area contributed by atoms with E-state index in [-0.39, 0.29) is 48.7 Å². The van der Waals surface area contributed by atoms with Crippen molar-refractivity contribution in [2.24, 2.45) is 0 Å². The summed E-state index contributed by atoms with van der Waals surface area (Å²) in [6.07, 6.45) is 1.84. The van der Waals surface area contributed by atoms with Gasteiger partial charge in [-0.25, -0.2) is 8.42 Å². The Morgan fingerprint density at radius 1 is 1.36 bits per heavy atom. The molecule has 2 aliphatic rings. The Hall–Kier alpha value is -2.33. The first kappa shape index (κ1) is 20.4. The highest BCUT2D eigenvalue weighted by atomic mass is 32.2. The van der Waals surface area contributed by atoms with Gasteiger partial charge < -0.3 is 19.1 Å². The summed E-state index contributed by atoms with van der Waals surface area (Å²) in [5.74, 6) is -0.263. The number of sulfonamides is 1. The van der Waals surface area contributed by atoms with Crippen LogP contribution >= 0.6 is 0 Å². The third kappa shape index (κ3) is 4.56. The summed E-state index contributed by atoms with van der Waals surface area (Å²) in [5.41, 5.74) is 0.577. The minimum absolute atomic E-state index is 0.161. The van der Waals surface area contributed by atoms with Crippen LogP contribution in [0.15, 0.2) is 18.2 Å². The maximum atomic E-state index is 13.0. The molecule has 10 heteroatoms. The summed E-state index contributed by atoms with van der Waals surface area (Å²) in [5, 5.41) is 0. The number of hydrogen-bond acceptors (Lipinski definition) is 7. The molecule has 0 spiro atoms. The van der Waals surface area contributed by atoms with Crippen molar-refractivity contribution in [3.8, 4) is 5.75 Å². The van der Waals surface area contributed by atoms with E-state index in [1.165, 1.54) is 19.2 Å². The first-order chi connectivity index (χ1) is 13.2. The zero-order valence-electron chi connectivity index (χ0n) is 16.0. The molecular weight excluding hydrogens is 388 g/mol. The predicted molar refractivity (Wildman–Crippen MR) is 101 cm³/mol. The maximum Gasteiger partial charge on any atom is 0.308 e. The number of ether oxygens (including phenoxy) is 3. The molecule has 0 radical (unpaired) electrons. The van der Waals surface area contributed by atoms with E-state index in [1.54, 1.807) is 18.0 Å². The standard InChI is InChI=1S/C18H24N2O7S/c1-20-14-6-5-12(9-17(21)25-2)27-16(14)10-26-15-7-4-11(19-28(3,23)24)8-13(15)18(20)22/h4,7-8,12,14,16,19H,5-6,9-10H2,1-3H3/t12-,14-,16+/m0/s1. The molecular formula is C18H24N2O7S. The lowest BCUT2D eigenvalue weighted by Crippen LogP contribution is -2.53. The van der Waals surface area contributed by atoms with Gasteiger partial charge in [0.1, 0.15) is 18.5 Å². The molecule has 1 amide bonds. The second-order valence-corrected chi connectivity index (χ2v) is 8.78. The van der Waals surface area contributed by atoms with Crippen LogP contribution in [0.1, 0.15) is 29.6 Å². The summed E-state index contributed by atoms with van der Waals surface area (Å²) in [4.78, 5) is 26.1. The van der Waals surface area contributed by atoms with Crippen LogP contribution in [-0.2, 0) is 24.3 Å². The van der Waals surface area contributed by atoms with Crippen LogP contribution in [0.2, 0.25) is 0 Å². The van der Waals surface area contributed by atoms with Crippen LogP contribution in [0.4, 0.5) is 5.69 Å². The van der Waals surface area contributed by atoms with Crippen LogP contribution in [0.5, 0.6) is 5.75 Å². The van der Waals surface area contributed by atoms with Crippen molar-refractivity contribution in [3.63, 3.8) is 0 Å². The highest BCUT2D eigenvalue weighted by Gasteiger charge is 2.39. The summed E-state index contributed by atoms with van der Waals surface area (Å²) < 4.78 is 41.8. The number of rotatable bonds is 4. The second kappa shape index (κ2) is 7.96. The monoisotopic (exact) mass is 412 g/mol. The molecule has 28 heavy (non-hydrogen) atoms. The Labute approximate surface area is 164 Å². The Morgan fingerprint density at radius 3 is 2.79 bits per heavy atom. The number of carbonyl (C=O) groups excluding carboxylic acids is 2. The van der Waals surface area contributed by atoms with Gasteiger partial charge in [0.2, 0.25) is 10.0 Å². The Morgan fingerprint density at radius 2 is 2.11 bits per heavy atom. The van der Waals surface area contributed by atoms with E-state index in [4.69, 9.17) is 14.2 Å². The van der Waals surface area contributed by atoms with Crippen molar-refractivity contribution in [1.82, 2.24) is 4.90 Å². The largest absolute Gasteiger partial charge is 0.490 e. The molecule has 1 N–H and O–H groups in total. The molecule has 0 aliphatic carbocycles. The number of amides is 1. The fraction of sp³-hybridized carbons (Fsp3) is 0.556. The first-order valence-electron chi connectivity index (χ1n) is 8.92. The lowest BCUT2D eigenvalue weighted by Gasteiger charge is -2.42. The SMILES string of the molecule is COC(=O)C[C@@H]1CC[C@H]2[C@@H](COc3ccc(NS(C)(=O)=O)cc3C(=O)N2C)O1. The van der Waals surface area contributed by atoms with Crippen molar-refractivity contribution in [2.75, 3.05) is 31.7 Å². The Kier molecular flexibility index (Phi) is 5.80. The van der Waals surface area contributed by atoms with E-state index in [0.29, 0.717) is 24.3 Å². The number of methoxy groups -OCH3 is 1. The number of likely N-dealkylation sites (N-methyl/N-ethyl adjacent to an activating group) is 1. The molecule has 1 saturated heterocycles. The molecule has 0 bridgehead atoms. The van der Waals surface area contributed by atoms with E-state index < -0.39 is 10.0 Å². The molecule has 2 aliphatic heterocycles. The molecule has 0 aromatic heterocycles. The van der Waals surface area contributed by atoms with Crippen LogP contribution < -0.4 is 9.46 Å². The zero-order chi connectivity index (χ0) is 20.5. The molecule has 1 aromatic carbocycles. The van der Waals surface area contributed by atoms with Gasteiger partial charge in [-0.2, -0.15) is 0 Å². The minimum Gasteiger partial charge on any atom is -0.490 e. The first-order valence-corrected chi connectivity index (χ1v) is 10.8. The quantitative estimate of drug-likeness (QED) is 0.735. The fourth-order valence-corrected chi connectivity index (χ4v) is 4.13. The van der Waals surface area contributed by atoms with Crippen molar-refractivity contribution in [1.29, 1.82) is 0 Å². The van der Waals surface area contributed by atoms with Gasteiger partial charge in [-0.15, -0.1) is 0 Å². The number of nitrogens with zero attached hydrogens (tertiary/aromatic N) is 1. The summed E-state index contributed by atoms with van der Waals surface area (Å²) in [6, 6.07) is 4.36. The topological polar surface area (TPSA) is 111 Å². The molecule has 0 saturated carbocycles. The highest BCUT2D eigenvalue weighted by molar-refractivity contribution is 7.92. The lowest BCUT2D eigenvalue weighted by atomic mass is 9.94. The molecule has 1 aromatic rings. The summed E-state index contributed by atoms with van der Waals surface area (Å²) in [7, 11) is -0.435. The number of benzene rings is 1. The van der Waals surface area contributed by atoms with E-state index in [0.717, 1.165) is 6.26 Å². The molecule has 3 rings (SSSR count). The molecule has 1 fully saturated rings. The zero-order valence-corrected chi connectivity index (χ0v) is 16.8. The number of carbonyl (C=O) groups is 2. The smallest absolute Gasteiger partial charge is 0.308 e. The highest BCUT2D eigenvalue weighted by Crippen LogP contribution is 2.32. The van der Waals surface area contributed by atoms with Gasteiger partial charge in [0.15, 0.2) is 0 Å². The second-order valence-electron chi connectivity index (χ2n) is 7.03. The van der Waals surface area contributed by atoms with E-state index >= 15 is 0 Å². The third-order valence-electron chi connectivity index (χ3n) is 4.94. The summed E-state index contributed by atoms with van der Waals surface area (Å²) >= 11 is 0. The van der Waals surface area contributed by atoms with Gasteiger partial charge >= 0.3 is 5.97 Å². The minimum atomic E-state index is -3.46. The normalized spacial score (nSPS) is 24.9. The van der Waals surface area contributed by atoms with Crippen LogP contribution in [0.25, 0.3) is 0 Å². The van der Waals surface area contributed by atoms with Crippen molar-refractivity contribution in [2.45, 2.75) is 37.5 Å². The van der Waals surface area contributed by atoms with Crippen LogP contribution in [0, 0.1) is 0 Å². The lowest BCUT2D eigenvalue weighted by molar-refractivity contribution is -0.151. The number of esters is 1. The summed E-state index contributed by atoms with van der Waals surface area (Å²) in [6.45, 7) is 0.214. The van der Waals surface area contributed by atoms with E-state index in [9.17, 15) is 18.0 Å². The number of anilines is 1. The van der Waals surface area contributed by atoms with E-state index in [2.05, 4.69) is 4.72 Å². The van der Waals surface area contributed by atoms with E-state index in [1.807, 2.05) is 0 Å². The van der Waals surface area contributed by atoms with Gasteiger partial charge in [0.05, 0.1) is 37.5 Å². The molecule has 0 unspecified atom stereocenters. The number of fused-ring (bicyclic) bond motifs is 2. The van der Waals surface area contributed by atoms with Gasteiger partial charge in [0, 0.05) is 12.7 Å². The van der Waals surface area contributed by atoms with Crippen molar-refractivity contribution < 1.29 is 32.2 Å². The average Bonchev–Trinajstić information content (AvgIpc) is 2.63. The number of nitrogens with one attached hydrogen (secondary N) is 1. The number of hydrogen-bond donors (Lipinski definition) is 1. The average molecular weight is 412 g/mol. The van der Waals surface area contributed by atoms with Crippen LogP contribution in [-0.4, -0.2) is 70.5 Å². The molecule has 3 atom stereocenters. The van der Waals surface area contributed by atoms with Crippen molar-refractivity contribution in [3.05, 3.63) is 23.8 Å². The molecule has 9 nitrogen and oxygen atoms in total. The molecule has 2 heterocycles. The predicted octanol–water partition coefficient (Wildman–Crippen LogP) is 1.00. The van der Waals surface area contributed by atoms with Gasteiger partial charge in [0.25, 0.3) is 5.91 Å². The molecule has 154 valence electrons.